The van der Waals surface area contributed by atoms with Crippen molar-refractivity contribution in [1.82, 2.24) is 9.13 Å². The third-order valence-electron chi connectivity index (χ3n) is 4.88. The SMILES string of the molecule is CCn1c(=O)c(F)cn(CCCCCCOC(=O)C(CC(C)C)C(C)C)c1=O. The average molecular weight is 399 g/mol. The molecule has 1 rings (SSSR count). The normalized spacial score (nSPS) is 12.6. The van der Waals surface area contributed by atoms with E-state index in [0.29, 0.717) is 25.5 Å². The largest absolute Gasteiger partial charge is 0.465 e. The molecule has 0 fully saturated rings. The first kappa shape index (κ1) is 24.1. The predicted octanol–water partition coefficient (Wildman–Crippen LogP) is 3.59. The molecule has 6 nitrogen and oxygen atoms in total. The van der Waals surface area contributed by atoms with E-state index in [-0.39, 0.29) is 24.3 Å². The molecular formula is C21H35FN2O4. The summed E-state index contributed by atoms with van der Waals surface area (Å²) in [6.07, 6.45) is 4.96. The molecule has 1 atom stereocenters. The van der Waals surface area contributed by atoms with Gasteiger partial charge in [0.25, 0.3) is 5.56 Å². The van der Waals surface area contributed by atoms with Crippen molar-refractivity contribution in [3.8, 4) is 0 Å². The van der Waals surface area contributed by atoms with Gasteiger partial charge in [0, 0.05) is 13.1 Å². The Morgan fingerprint density at radius 2 is 1.75 bits per heavy atom. The topological polar surface area (TPSA) is 70.3 Å². The Labute approximate surface area is 166 Å². The van der Waals surface area contributed by atoms with Crippen LogP contribution in [-0.2, 0) is 22.6 Å². The van der Waals surface area contributed by atoms with E-state index in [1.165, 1.54) is 4.57 Å². The van der Waals surface area contributed by atoms with E-state index in [1.54, 1.807) is 6.92 Å². The van der Waals surface area contributed by atoms with E-state index in [2.05, 4.69) is 13.8 Å². The van der Waals surface area contributed by atoms with Crippen LogP contribution in [0.15, 0.2) is 15.8 Å². The quantitative estimate of drug-likeness (QED) is 0.398. The third kappa shape index (κ3) is 7.24. The minimum Gasteiger partial charge on any atom is -0.465 e. The molecule has 1 aromatic heterocycles. The summed E-state index contributed by atoms with van der Waals surface area (Å²) in [5.74, 6) is -0.367. The fraction of sp³-hybridized carbons (Fsp3) is 0.762. The van der Waals surface area contributed by atoms with Crippen LogP contribution >= 0.6 is 0 Å². The van der Waals surface area contributed by atoms with Gasteiger partial charge >= 0.3 is 11.7 Å². The molecule has 1 unspecified atom stereocenters. The molecule has 0 saturated carbocycles. The molecule has 0 aliphatic rings. The molecule has 0 radical (unpaired) electrons. The highest BCUT2D eigenvalue weighted by atomic mass is 19.1. The van der Waals surface area contributed by atoms with E-state index < -0.39 is 17.1 Å². The van der Waals surface area contributed by atoms with Crippen LogP contribution in [0.2, 0.25) is 0 Å². The molecule has 160 valence electrons. The zero-order chi connectivity index (χ0) is 21.3. The minimum absolute atomic E-state index is 0.0592. The number of aromatic nitrogens is 2. The van der Waals surface area contributed by atoms with Crippen LogP contribution in [0.5, 0.6) is 0 Å². The maximum absolute atomic E-state index is 13.6. The first-order valence-electron chi connectivity index (χ1n) is 10.3. The number of halogens is 1. The second kappa shape index (κ2) is 11.8. The molecule has 1 aromatic rings. The number of aryl methyl sites for hydroxylation is 1. The highest BCUT2D eigenvalue weighted by Crippen LogP contribution is 2.21. The summed E-state index contributed by atoms with van der Waals surface area (Å²) in [5, 5.41) is 0. The molecule has 0 N–H and O–H groups in total. The summed E-state index contributed by atoms with van der Waals surface area (Å²) >= 11 is 0. The first-order chi connectivity index (χ1) is 13.2. The summed E-state index contributed by atoms with van der Waals surface area (Å²) in [6, 6.07) is 0. The lowest BCUT2D eigenvalue weighted by atomic mass is 9.88. The Hall–Kier alpha value is -1.92. The average Bonchev–Trinajstić information content (AvgIpc) is 2.62. The van der Waals surface area contributed by atoms with E-state index >= 15 is 0 Å². The van der Waals surface area contributed by atoms with Gasteiger partial charge in [0.2, 0.25) is 5.82 Å². The van der Waals surface area contributed by atoms with E-state index in [4.69, 9.17) is 4.74 Å². The molecule has 0 amide bonds. The standard InChI is InChI=1S/C21H35FN2O4/c1-6-24-19(25)18(22)14-23(21(24)27)11-9-7-8-10-12-28-20(26)17(16(4)5)13-15(2)3/h14-17H,6-13H2,1-5H3. The summed E-state index contributed by atoms with van der Waals surface area (Å²) in [5.41, 5.74) is -1.35. The smallest absolute Gasteiger partial charge is 0.331 e. The van der Waals surface area contributed by atoms with Crippen LogP contribution in [0.4, 0.5) is 4.39 Å². The van der Waals surface area contributed by atoms with Gasteiger partial charge < -0.3 is 4.74 Å². The summed E-state index contributed by atoms with van der Waals surface area (Å²) in [4.78, 5) is 35.9. The lowest BCUT2D eigenvalue weighted by Gasteiger charge is -2.21. The molecular weight excluding hydrogens is 363 g/mol. The lowest BCUT2D eigenvalue weighted by molar-refractivity contribution is -0.151. The Bertz CT molecular complexity index is 737. The van der Waals surface area contributed by atoms with Crippen LogP contribution in [0.25, 0.3) is 0 Å². The molecule has 0 spiro atoms. The van der Waals surface area contributed by atoms with Crippen molar-refractivity contribution in [3.05, 3.63) is 32.9 Å². The zero-order valence-corrected chi connectivity index (χ0v) is 17.9. The Morgan fingerprint density at radius 1 is 1.11 bits per heavy atom. The van der Waals surface area contributed by atoms with E-state index in [0.717, 1.165) is 36.4 Å². The van der Waals surface area contributed by atoms with Crippen molar-refractivity contribution in [3.63, 3.8) is 0 Å². The molecule has 0 bridgehead atoms. The molecule has 0 aliphatic heterocycles. The van der Waals surface area contributed by atoms with Crippen molar-refractivity contribution in [1.29, 1.82) is 0 Å². The van der Waals surface area contributed by atoms with Gasteiger partial charge in [0.1, 0.15) is 0 Å². The van der Waals surface area contributed by atoms with Crippen molar-refractivity contribution in [2.24, 2.45) is 17.8 Å². The van der Waals surface area contributed by atoms with Crippen LogP contribution in [0, 0.1) is 23.6 Å². The van der Waals surface area contributed by atoms with Gasteiger partial charge in [-0.3, -0.25) is 18.7 Å². The van der Waals surface area contributed by atoms with Gasteiger partial charge in [0.15, 0.2) is 0 Å². The molecule has 7 heteroatoms. The maximum Gasteiger partial charge on any atom is 0.331 e. The van der Waals surface area contributed by atoms with Crippen LogP contribution in [0.3, 0.4) is 0 Å². The number of hydrogen-bond donors (Lipinski definition) is 0. The highest BCUT2D eigenvalue weighted by Gasteiger charge is 2.24. The number of nitrogens with zero attached hydrogens (tertiary/aromatic N) is 2. The molecule has 0 saturated heterocycles. The summed E-state index contributed by atoms with van der Waals surface area (Å²) < 4.78 is 21.2. The number of unbranched alkanes of at least 4 members (excludes halogenated alkanes) is 3. The number of hydrogen-bond acceptors (Lipinski definition) is 4. The molecule has 1 heterocycles. The van der Waals surface area contributed by atoms with Gasteiger partial charge in [-0.15, -0.1) is 0 Å². The summed E-state index contributed by atoms with van der Waals surface area (Å²) in [7, 11) is 0. The fourth-order valence-electron chi connectivity index (χ4n) is 3.22. The maximum atomic E-state index is 13.6. The number of ether oxygens (including phenoxy) is 1. The minimum atomic E-state index is -0.908. The van der Waals surface area contributed by atoms with E-state index in [1.807, 2.05) is 13.8 Å². The fourth-order valence-corrected chi connectivity index (χ4v) is 3.22. The van der Waals surface area contributed by atoms with Gasteiger partial charge in [-0.25, -0.2) is 4.79 Å². The summed E-state index contributed by atoms with van der Waals surface area (Å²) in [6.45, 7) is 10.8. The van der Waals surface area contributed by atoms with Crippen LogP contribution < -0.4 is 11.2 Å². The van der Waals surface area contributed by atoms with Crippen LogP contribution in [0.1, 0.15) is 66.7 Å². The zero-order valence-electron chi connectivity index (χ0n) is 17.9. The Kier molecular flexibility index (Phi) is 10.2. The third-order valence-corrected chi connectivity index (χ3v) is 4.88. The van der Waals surface area contributed by atoms with Crippen LogP contribution in [-0.4, -0.2) is 21.7 Å². The van der Waals surface area contributed by atoms with Gasteiger partial charge in [-0.1, -0.05) is 34.1 Å². The molecule has 0 aromatic carbocycles. The lowest BCUT2D eigenvalue weighted by Crippen LogP contribution is -2.40. The number of carbonyl (C=O) groups excluding carboxylic acids is 1. The Morgan fingerprint density at radius 3 is 2.32 bits per heavy atom. The number of carbonyl (C=O) groups is 1. The van der Waals surface area contributed by atoms with E-state index in [9.17, 15) is 18.8 Å². The second-order valence-corrected chi connectivity index (χ2v) is 8.06. The number of esters is 1. The Balaban J connectivity index is 2.36. The first-order valence-corrected chi connectivity index (χ1v) is 10.3. The number of rotatable bonds is 12. The van der Waals surface area contributed by atoms with Crippen molar-refractivity contribution < 1.29 is 13.9 Å². The van der Waals surface area contributed by atoms with Crippen molar-refractivity contribution in [2.75, 3.05) is 6.61 Å². The second-order valence-electron chi connectivity index (χ2n) is 8.06. The van der Waals surface area contributed by atoms with Gasteiger partial charge in [0.05, 0.1) is 18.7 Å². The molecule has 28 heavy (non-hydrogen) atoms. The van der Waals surface area contributed by atoms with Crippen molar-refractivity contribution in [2.45, 2.75) is 79.8 Å². The highest BCUT2D eigenvalue weighted by molar-refractivity contribution is 5.72. The predicted molar refractivity (Wildman–Crippen MR) is 108 cm³/mol. The molecule has 0 aliphatic carbocycles. The van der Waals surface area contributed by atoms with Crippen molar-refractivity contribution >= 4 is 5.97 Å². The monoisotopic (exact) mass is 398 g/mol. The van der Waals surface area contributed by atoms with Gasteiger partial charge in [-0.05, 0) is 44.4 Å². The van der Waals surface area contributed by atoms with Gasteiger partial charge in [-0.2, -0.15) is 4.39 Å².